The Balaban J connectivity index is 1.74. The van der Waals surface area contributed by atoms with E-state index in [0.29, 0.717) is 35.5 Å². The molecule has 5 nitrogen and oxygen atoms in total. The molecule has 1 aliphatic carbocycles. The molecular weight excluding hydrogens is 350 g/mol. The van der Waals surface area contributed by atoms with E-state index in [-0.39, 0.29) is 11.1 Å². The Morgan fingerprint density at radius 3 is 2.65 bits per heavy atom. The lowest BCUT2D eigenvalue weighted by atomic mass is 9.89. The Kier molecular flexibility index (Phi) is 6.25. The molecule has 0 bridgehead atoms. The van der Waals surface area contributed by atoms with E-state index in [4.69, 9.17) is 9.47 Å². The second-order valence-corrected chi connectivity index (χ2v) is 7.63. The molecule has 0 N–H and O–H groups in total. The molecule has 2 aliphatic rings. The first-order valence-corrected chi connectivity index (χ1v) is 10.00. The smallest absolute Gasteiger partial charge is 0.293 e. The number of nitrogens with zero attached hydrogens (tertiary/aromatic N) is 1. The molecule has 2 fully saturated rings. The molecule has 0 aromatic heterocycles. The van der Waals surface area contributed by atoms with E-state index in [0.717, 1.165) is 30.2 Å². The summed E-state index contributed by atoms with van der Waals surface area (Å²) >= 11 is 1.02. The highest BCUT2D eigenvalue weighted by Crippen LogP contribution is 2.36. The van der Waals surface area contributed by atoms with E-state index in [1.165, 1.54) is 24.2 Å². The molecule has 0 unspecified atom stereocenters. The van der Waals surface area contributed by atoms with Crippen LogP contribution in [-0.4, -0.2) is 36.3 Å². The third-order valence-corrected chi connectivity index (χ3v) is 5.73. The molecule has 0 atom stereocenters. The number of carbonyl (C=O) groups is 2. The quantitative estimate of drug-likeness (QED) is 0.674. The van der Waals surface area contributed by atoms with Gasteiger partial charge in [-0.1, -0.05) is 25.3 Å². The zero-order chi connectivity index (χ0) is 18.5. The van der Waals surface area contributed by atoms with Crippen molar-refractivity contribution >= 4 is 29.0 Å². The number of benzene rings is 1. The van der Waals surface area contributed by atoms with Crippen molar-refractivity contribution in [3.8, 4) is 11.5 Å². The van der Waals surface area contributed by atoms with Crippen molar-refractivity contribution in [1.29, 1.82) is 0 Å². The van der Waals surface area contributed by atoms with Gasteiger partial charge in [-0.25, -0.2) is 0 Å². The van der Waals surface area contributed by atoms with Gasteiger partial charge in [0.2, 0.25) is 0 Å². The minimum Gasteiger partial charge on any atom is -0.493 e. The van der Waals surface area contributed by atoms with Gasteiger partial charge in [0.1, 0.15) is 0 Å². The van der Waals surface area contributed by atoms with E-state index in [1.807, 2.05) is 25.1 Å². The second-order valence-electron chi connectivity index (χ2n) is 6.64. The second kappa shape index (κ2) is 8.62. The number of imide groups is 1. The van der Waals surface area contributed by atoms with Crippen LogP contribution in [-0.2, 0) is 4.79 Å². The van der Waals surface area contributed by atoms with E-state index in [1.54, 1.807) is 13.2 Å². The number of amides is 2. The van der Waals surface area contributed by atoms with Crippen LogP contribution in [0.25, 0.3) is 6.08 Å². The molecule has 1 aromatic carbocycles. The Morgan fingerprint density at radius 2 is 1.96 bits per heavy atom. The van der Waals surface area contributed by atoms with Crippen LogP contribution in [0, 0.1) is 5.92 Å². The molecule has 6 heteroatoms. The van der Waals surface area contributed by atoms with Crippen molar-refractivity contribution < 1.29 is 19.1 Å². The maximum atomic E-state index is 12.7. The van der Waals surface area contributed by atoms with Gasteiger partial charge in [0, 0.05) is 6.54 Å². The molecule has 3 rings (SSSR count). The standard InChI is InChI=1S/C20H25NO4S/c1-3-25-16-10-9-15(11-17(16)24-2)12-18-19(22)21(20(23)26-18)13-14-7-5-4-6-8-14/h9-12,14H,3-8,13H2,1-2H3/b18-12+. The van der Waals surface area contributed by atoms with Crippen molar-refractivity contribution in [2.75, 3.05) is 20.3 Å². The highest BCUT2D eigenvalue weighted by atomic mass is 32.2. The topological polar surface area (TPSA) is 55.8 Å². The maximum absolute atomic E-state index is 12.7. The molecule has 2 amide bonds. The summed E-state index contributed by atoms with van der Waals surface area (Å²) in [4.78, 5) is 26.9. The maximum Gasteiger partial charge on any atom is 0.293 e. The van der Waals surface area contributed by atoms with Gasteiger partial charge in [-0.05, 0) is 61.2 Å². The van der Waals surface area contributed by atoms with E-state index in [2.05, 4.69) is 0 Å². The average Bonchev–Trinajstić information content (AvgIpc) is 2.91. The summed E-state index contributed by atoms with van der Waals surface area (Å²) in [5.41, 5.74) is 0.813. The Morgan fingerprint density at radius 1 is 1.19 bits per heavy atom. The van der Waals surface area contributed by atoms with Crippen molar-refractivity contribution in [3.63, 3.8) is 0 Å². The largest absolute Gasteiger partial charge is 0.493 e. The first-order valence-electron chi connectivity index (χ1n) is 9.18. The number of thioether (sulfide) groups is 1. The molecule has 1 heterocycles. The molecule has 26 heavy (non-hydrogen) atoms. The molecule has 1 saturated heterocycles. The van der Waals surface area contributed by atoms with Gasteiger partial charge in [0.05, 0.1) is 18.6 Å². The molecule has 140 valence electrons. The Bertz CT molecular complexity index is 710. The van der Waals surface area contributed by atoms with Gasteiger partial charge in [-0.3, -0.25) is 14.5 Å². The minimum atomic E-state index is -0.182. The zero-order valence-electron chi connectivity index (χ0n) is 15.3. The van der Waals surface area contributed by atoms with Crippen molar-refractivity contribution in [3.05, 3.63) is 28.7 Å². The SMILES string of the molecule is CCOc1ccc(/C=C2/SC(=O)N(CC3CCCCC3)C2=O)cc1OC. The number of methoxy groups -OCH3 is 1. The fraction of sp³-hybridized carbons (Fsp3) is 0.500. The third-order valence-electron chi connectivity index (χ3n) is 4.82. The summed E-state index contributed by atoms with van der Waals surface area (Å²) in [6.07, 6.45) is 7.63. The van der Waals surface area contributed by atoms with Gasteiger partial charge < -0.3 is 9.47 Å². The van der Waals surface area contributed by atoms with Gasteiger partial charge in [-0.2, -0.15) is 0 Å². The zero-order valence-corrected chi connectivity index (χ0v) is 16.1. The first-order chi connectivity index (χ1) is 12.6. The highest BCUT2D eigenvalue weighted by molar-refractivity contribution is 8.18. The lowest BCUT2D eigenvalue weighted by molar-refractivity contribution is -0.123. The normalized spacial score (nSPS) is 20.1. The minimum absolute atomic E-state index is 0.162. The van der Waals surface area contributed by atoms with Crippen LogP contribution in [0.15, 0.2) is 23.1 Å². The van der Waals surface area contributed by atoms with Crippen LogP contribution in [0.5, 0.6) is 11.5 Å². The Hall–Kier alpha value is -1.95. The van der Waals surface area contributed by atoms with Crippen LogP contribution < -0.4 is 9.47 Å². The average molecular weight is 375 g/mol. The van der Waals surface area contributed by atoms with Gasteiger partial charge in [0.15, 0.2) is 11.5 Å². The summed E-state index contributed by atoms with van der Waals surface area (Å²) in [7, 11) is 1.58. The van der Waals surface area contributed by atoms with E-state index >= 15 is 0 Å². The molecule has 1 aromatic rings. The highest BCUT2D eigenvalue weighted by Gasteiger charge is 2.36. The van der Waals surface area contributed by atoms with Gasteiger partial charge in [-0.15, -0.1) is 0 Å². The Labute approximate surface area is 158 Å². The summed E-state index contributed by atoms with van der Waals surface area (Å²) in [5.74, 6) is 1.54. The van der Waals surface area contributed by atoms with Crippen LogP contribution in [0.1, 0.15) is 44.6 Å². The molecule has 0 radical (unpaired) electrons. The van der Waals surface area contributed by atoms with Crippen LogP contribution in [0.3, 0.4) is 0 Å². The number of ether oxygens (including phenoxy) is 2. The van der Waals surface area contributed by atoms with Crippen LogP contribution in [0.4, 0.5) is 4.79 Å². The molecule has 1 saturated carbocycles. The summed E-state index contributed by atoms with van der Waals surface area (Å²) in [5, 5.41) is -0.162. The number of hydrogen-bond donors (Lipinski definition) is 0. The van der Waals surface area contributed by atoms with Gasteiger partial charge >= 0.3 is 0 Å². The number of carbonyl (C=O) groups excluding carboxylic acids is 2. The lowest BCUT2D eigenvalue weighted by Crippen LogP contribution is -2.34. The number of hydrogen-bond acceptors (Lipinski definition) is 5. The van der Waals surface area contributed by atoms with Crippen molar-refractivity contribution in [2.24, 2.45) is 5.92 Å². The van der Waals surface area contributed by atoms with Crippen molar-refractivity contribution in [1.82, 2.24) is 4.90 Å². The predicted molar refractivity (Wildman–Crippen MR) is 103 cm³/mol. The molecular formula is C20H25NO4S. The van der Waals surface area contributed by atoms with Crippen LogP contribution >= 0.6 is 11.8 Å². The van der Waals surface area contributed by atoms with E-state index < -0.39 is 0 Å². The van der Waals surface area contributed by atoms with Crippen LogP contribution in [0.2, 0.25) is 0 Å². The summed E-state index contributed by atoms with van der Waals surface area (Å²) in [6.45, 7) is 3.01. The fourth-order valence-corrected chi connectivity index (χ4v) is 4.33. The lowest BCUT2D eigenvalue weighted by Gasteiger charge is -2.25. The molecule has 1 aliphatic heterocycles. The summed E-state index contributed by atoms with van der Waals surface area (Å²) in [6, 6.07) is 5.50. The molecule has 0 spiro atoms. The third kappa shape index (κ3) is 4.23. The van der Waals surface area contributed by atoms with Crippen molar-refractivity contribution in [2.45, 2.75) is 39.0 Å². The summed E-state index contributed by atoms with van der Waals surface area (Å²) < 4.78 is 10.9. The number of rotatable bonds is 6. The predicted octanol–water partition coefficient (Wildman–Crippen LogP) is 4.71. The van der Waals surface area contributed by atoms with E-state index in [9.17, 15) is 9.59 Å². The van der Waals surface area contributed by atoms with Gasteiger partial charge in [0.25, 0.3) is 11.1 Å². The first kappa shape index (κ1) is 18.8. The fourth-order valence-electron chi connectivity index (χ4n) is 3.49. The monoisotopic (exact) mass is 375 g/mol.